The predicted octanol–water partition coefficient (Wildman–Crippen LogP) is 5.87. The Morgan fingerprint density at radius 1 is 1.19 bits per heavy atom. The Balaban J connectivity index is 2.88. The Morgan fingerprint density at radius 2 is 1.74 bits per heavy atom. The van der Waals surface area contributed by atoms with E-state index in [0.717, 1.165) is 25.0 Å². The standard InChI is InChI=1S/C22H42O4Si/c1-10-19(14-25-27(15(2)3,16(4)5)17(6)7)11-18(8)21-12-20(24-9)13-22(23)26-21/h11,15-17,19-21H,10,12-14H2,1-9H3/b18-11-/t19-,20-,21-/m1/s1. The molecule has 5 heteroatoms. The fourth-order valence-electron chi connectivity index (χ4n) is 4.74. The molecule has 1 saturated heterocycles. The molecular formula is C22H42O4Si. The van der Waals surface area contributed by atoms with Crippen LogP contribution in [-0.2, 0) is 18.7 Å². The Bertz CT molecular complexity index is 477. The summed E-state index contributed by atoms with van der Waals surface area (Å²) in [4.78, 5) is 11.8. The van der Waals surface area contributed by atoms with Crippen LogP contribution >= 0.6 is 0 Å². The maximum atomic E-state index is 11.8. The van der Waals surface area contributed by atoms with E-state index in [9.17, 15) is 4.79 Å². The van der Waals surface area contributed by atoms with Crippen LogP contribution in [0.1, 0.15) is 74.7 Å². The van der Waals surface area contributed by atoms with Crippen molar-refractivity contribution in [2.75, 3.05) is 13.7 Å². The van der Waals surface area contributed by atoms with Gasteiger partial charge in [0.25, 0.3) is 0 Å². The summed E-state index contributed by atoms with van der Waals surface area (Å²) in [6.45, 7) is 18.9. The van der Waals surface area contributed by atoms with Gasteiger partial charge in [0.05, 0.1) is 12.5 Å². The number of esters is 1. The van der Waals surface area contributed by atoms with E-state index >= 15 is 0 Å². The number of ether oxygens (including phenoxy) is 2. The number of cyclic esters (lactones) is 1. The third kappa shape index (κ3) is 6.16. The topological polar surface area (TPSA) is 44.8 Å². The van der Waals surface area contributed by atoms with Gasteiger partial charge < -0.3 is 13.9 Å². The average Bonchev–Trinajstić information content (AvgIpc) is 2.59. The summed E-state index contributed by atoms with van der Waals surface area (Å²) in [6, 6.07) is 0. The van der Waals surface area contributed by atoms with Gasteiger partial charge in [-0.2, -0.15) is 0 Å². The molecule has 0 aliphatic carbocycles. The van der Waals surface area contributed by atoms with Crippen molar-refractivity contribution < 1.29 is 18.7 Å². The molecule has 1 aliphatic rings. The van der Waals surface area contributed by atoms with E-state index in [0.29, 0.717) is 29.0 Å². The first-order chi connectivity index (χ1) is 12.6. The van der Waals surface area contributed by atoms with E-state index in [1.807, 2.05) is 0 Å². The van der Waals surface area contributed by atoms with E-state index in [1.54, 1.807) is 7.11 Å². The first-order valence-corrected chi connectivity index (χ1v) is 12.8. The zero-order valence-electron chi connectivity index (χ0n) is 19.0. The molecule has 0 radical (unpaired) electrons. The highest BCUT2D eigenvalue weighted by molar-refractivity contribution is 6.77. The molecule has 1 rings (SSSR count). The predicted molar refractivity (Wildman–Crippen MR) is 114 cm³/mol. The first kappa shape index (κ1) is 24.4. The summed E-state index contributed by atoms with van der Waals surface area (Å²) >= 11 is 0. The van der Waals surface area contributed by atoms with Gasteiger partial charge in [0.1, 0.15) is 6.10 Å². The lowest BCUT2D eigenvalue weighted by molar-refractivity contribution is -0.158. The van der Waals surface area contributed by atoms with Gasteiger partial charge in [-0.05, 0) is 41.5 Å². The Kier molecular flexibility index (Phi) is 9.73. The highest BCUT2D eigenvalue weighted by Crippen LogP contribution is 2.42. The van der Waals surface area contributed by atoms with Gasteiger partial charge in [-0.25, -0.2) is 0 Å². The number of rotatable bonds is 10. The van der Waals surface area contributed by atoms with Crippen molar-refractivity contribution in [2.45, 2.75) is 103 Å². The van der Waals surface area contributed by atoms with Crippen LogP contribution in [0.4, 0.5) is 0 Å². The second-order valence-corrected chi connectivity index (χ2v) is 14.4. The molecule has 158 valence electrons. The fraction of sp³-hybridized carbons (Fsp3) is 0.864. The molecular weight excluding hydrogens is 356 g/mol. The largest absolute Gasteiger partial charge is 0.458 e. The minimum atomic E-state index is -1.86. The lowest BCUT2D eigenvalue weighted by Crippen LogP contribution is -2.48. The second-order valence-electron chi connectivity index (χ2n) is 8.98. The molecule has 1 aliphatic heterocycles. The molecule has 0 aromatic rings. The molecule has 1 fully saturated rings. The molecule has 3 atom stereocenters. The van der Waals surface area contributed by atoms with Crippen LogP contribution < -0.4 is 0 Å². The number of hydrogen-bond donors (Lipinski definition) is 0. The molecule has 1 heterocycles. The highest BCUT2D eigenvalue weighted by Gasteiger charge is 2.45. The summed E-state index contributed by atoms with van der Waals surface area (Å²) in [7, 11) is -0.197. The minimum absolute atomic E-state index is 0.0428. The average molecular weight is 399 g/mol. The fourth-order valence-corrected chi connectivity index (χ4v) is 10.2. The molecule has 0 saturated carbocycles. The van der Waals surface area contributed by atoms with Crippen LogP contribution in [0.5, 0.6) is 0 Å². The highest BCUT2D eigenvalue weighted by atomic mass is 28.4. The molecule has 0 aromatic heterocycles. The van der Waals surface area contributed by atoms with E-state index in [2.05, 4.69) is 61.5 Å². The van der Waals surface area contributed by atoms with Gasteiger partial charge in [-0.1, -0.05) is 54.5 Å². The second kappa shape index (κ2) is 10.8. The van der Waals surface area contributed by atoms with E-state index in [1.165, 1.54) is 0 Å². The molecule has 0 unspecified atom stereocenters. The maximum absolute atomic E-state index is 11.8. The molecule has 0 spiro atoms. The Labute approximate surface area is 168 Å². The molecule has 0 aromatic carbocycles. The summed E-state index contributed by atoms with van der Waals surface area (Å²) in [6.07, 6.45) is 4.16. The monoisotopic (exact) mass is 398 g/mol. The van der Waals surface area contributed by atoms with Crippen LogP contribution in [-0.4, -0.2) is 40.2 Å². The van der Waals surface area contributed by atoms with Crippen molar-refractivity contribution >= 4 is 14.3 Å². The smallest absolute Gasteiger partial charge is 0.309 e. The zero-order valence-corrected chi connectivity index (χ0v) is 20.0. The molecule has 4 nitrogen and oxygen atoms in total. The maximum Gasteiger partial charge on any atom is 0.309 e. The van der Waals surface area contributed by atoms with Crippen LogP contribution in [0.15, 0.2) is 11.6 Å². The van der Waals surface area contributed by atoms with E-state index in [4.69, 9.17) is 13.9 Å². The van der Waals surface area contributed by atoms with Crippen molar-refractivity contribution in [1.82, 2.24) is 0 Å². The first-order valence-electron chi connectivity index (χ1n) is 10.6. The van der Waals surface area contributed by atoms with Gasteiger partial charge in [-0.15, -0.1) is 0 Å². The van der Waals surface area contributed by atoms with Crippen molar-refractivity contribution in [3.63, 3.8) is 0 Å². The van der Waals surface area contributed by atoms with Crippen LogP contribution in [0.2, 0.25) is 16.6 Å². The molecule has 0 N–H and O–H groups in total. The van der Waals surface area contributed by atoms with Crippen molar-refractivity contribution in [1.29, 1.82) is 0 Å². The summed E-state index contributed by atoms with van der Waals surface area (Å²) in [5.74, 6) is 0.177. The van der Waals surface area contributed by atoms with Crippen LogP contribution in [0.3, 0.4) is 0 Å². The normalized spacial score (nSPS) is 23.3. The van der Waals surface area contributed by atoms with Crippen molar-refractivity contribution in [3.8, 4) is 0 Å². The van der Waals surface area contributed by atoms with Gasteiger partial charge in [0, 0.05) is 20.1 Å². The van der Waals surface area contributed by atoms with Crippen LogP contribution in [0.25, 0.3) is 0 Å². The van der Waals surface area contributed by atoms with Gasteiger partial charge in [0.15, 0.2) is 8.32 Å². The van der Waals surface area contributed by atoms with Gasteiger partial charge in [0.2, 0.25) is 0 Å². The van der Waals surface area contributed by atoms with Crippen molar-refractivity contribution in [2.24, 2.45) is 5.92 Å². The summed E-state index contributed by atoms with van der Waals surface area (Å²) in [5, 5.41) is 0. The number of hydrogen-bond acceptors (Lipinski definition) is 4. The lowest BCUT2D eigenvalue weighted by Gasteiger charge is -2.43. The molecule has 0 amide bonds. The third-order valence-corrected chi connectivity index (χ3v) is 12.3. The van der Waals surface area contributed by atoms with Gasteiger partial charge in [-0.3, -0.25) is 4.79 Å². The number of carbonyl (C=O) groups excluding carboxylic acids is 1. The molecule has 0 bridgehead atoms. The Hall–Kier alpha value is -0.653. The summed E-state index contributed by atoms with van der Waals surface area (Å²) < 4.78 is 17.7. The zero-order chi connectivity index (χ0) is 20.8. The number of carbonyl (C=O) groups is 1. The third-order valence-electron chi connectivity index (χ3n) is 6.26. The Morgan fingerprint density at radius 3 is 2.19 bits per heavy atom. The SMILES string of the molecule is CC[C@H](/C=C(/C)[C@H]1C[C@@H](OC)CC(=O)O1)CO[Si](C(C)C)(C(C)C)C(C)C. The van der Waals surface area contributed by atoms with E-state index in [-0.39, 0.29) is 18.2 Å². The quantitative estimate of drug-likeness (QED) is 0.262. The van der Waals surface area contributed by atoms with Crippen molar-refractivity contribution in [3.05, 3.63) is 11.6 Å². The lowest BCUT2D eigenvalue weighted by atomic mass is 9.96. The van der Waals surface area contributed by atoms with Gasteiger partial charge >= 0.3 is 5.97 Å². The number of methoxy groups -OCH3 is 1. The minimum Gasteiger partial charge on any atom is -0.458 e. The van der Waals surface area contributed by atoms with E-state index < -0.39 is 8.32 Å². The summed E-state index contributed by atoms with van der Waals surface area (Å²) in [5.41, 5.74) is 2.87. The molecule has 27 heavy (non-hydrogen) atoms. The van der Waals surface area contributed by atoms with Crippen LogP contribution in [0, 0.1) is 5.92 Å².